The number of halogens is 4. The summed E-state index contributed by atoms with van der Waals surface area (Å²) in [6, 6.07) is 1.16. The molecule has 1 rings (SSSR count). The Bertz CT molecular complexity index is 490. The maximum Gasteiger partial charge on any atom is 0.281 e. The van der Waals surface area contributed by atoms with Crippen LogP contribution in [0.3, 0.4) is 0 Å². The van der Waals surface area contributed by atoms with Crippen molar-refractivity contribution in [3.8, 4) is 0 Å². The molecule has 0 aromatic carbocycles. The molecule has 3 nitrogen and oxygen atoms in total. The van der Waals surface area contributed by atoms with Crippen LogP contribution in [0.4, 0.5) is 8.78 Å². The topological polar surface area (TPSA) is 47.0 Å². The Morgan fingerprint density at radius 1 is 1.47 bits per heavy atom. The van der Waals surface area contributed by atoms with Gasteiger partial charge in [0.25, 0.3) is 15.5 Å². The van der Waals surface area contributed by atoms with Crippen LogP contribution >= 0.6 is 22.3 Å². The summed E-state index contributed by atoms with van der Waals surface area (Å²) >= 11 is 5.43. The number of alkyl halides is 2. The van der Waals surface area contributed by atoms with Crippen LogP contribution in [-0.4, -0.2) is 13.4 Å². The van der Waals surface area contributed by atoms with Crippen LogP contribution in [-0.2, 0) is 9.05 Å². The van der Waals surface area contributed by atoms with Gasteiger partial charge in [-0.25, -0.2) is 22.2 Å². The van der Waals surface area contributed by atoms with Gasteiger partial charge >= 0.3 is 0 Å². The molecule has 0 aliphatic rings. The molecule has 0 saturated heterocycles. The molecule has 0 N–H and O–H groups in total. The van der Waals surface area contributed by atoms with E-state index in [0.717, 1.165) is 6.07 Å². The van der Waals surface area contributed by atoms with Crippen molar-refractivity contribution in [3.05, 3.63) is 22.5 Å². The van der Waals surface area contributed by atoms with E-state index in [0.29, 0.717) is 0 Å². The van der Waals surface area contributed by atoms with Crippen molar-refractivity contribution in [3.63, 3.8) is 0 Å². The first-order valence-corrected chi connectivity index (χ1v) is 6.32. The minimum Gasteiger partial charge on any atom is -0.234 e. The molecule has 8 heteroatoms. The number of hydrogen-bond donors (Lipinski definition) is 0. The minimum absolute atomic E-state index is 0.0419. The van der Waals surface area contributed by atoms with E-state index in [1.165, 1.54) is 6.92 Å². The maximum absolute atomic E-state index is 12.5. The fourth-order valence-corrected chi connectivity index (χ4v) is 2.79. The van der Waals surface area contributed by atoms with Gasteiger partial charge in [-0.1, -0.05) is 11.6 Å². The van der Waals surface area contributed by atoms with Gasteiger partial charge in [-0.3, -0.25) is 0 Å². The zero-order chi connectivity index (χ0) is 11.8. The van der Waals surface area contributed by atoms with Crippen LogP contribution < -0.4 is 0 Å². The van der Waals surface area contributed by atoms with E-state index in [2.05, 4.69) is 4.98 Å². The summed E-state index contributed by atoms with van der Waals surface area (Å²) in [4.78, 5) is 2.57. The number of aromatic nitrogens is 1. The van der Waals surface area contributed by atoms with Crippen LogP contribution in [0.15, 0.2) is 11.0 Å². The first-order chi connectivity index (χ1) is 6.73. The summed E-state index contributed by atoms with van der Waals surface area (Å²) in [6.07, 6.45) is -3.05. The molecular weight excluding hydrogens is 271 g/mol. The highest BCUT2D eigenvalue weighted by Gasteiger charge is 2.26. The highest BCUT2D eigenvalue weighted by molar-refractivity contribution is 8.13. The minimum atomic E-state index is -4.25. The standard InChI is InChI=1S/C7H5Cl2F2NO2S/c1-3-2-4(8)12-5(7(10)11)6(3)15(9,13)14/h2,7H,1H3. The average Bonchev–Trinajstić information content (AvgIpc) is 1.99. The van der Waals surface area contributed by atoms with E-state index in [4.69, 9.17) is 22.3 Å². The van der Waals surface area contributed by atoms with Crippen LogP contribution in [0.25, 0.3) is 0 Å². The van der Waals surface area contributed by atoms with Gasteiger partial charge in [-0.2, -0.15) is 0 Å². The highest BCUT2D eigenvalue weighted by Crippen LogP contribution is 2.31. The number of pyridine rings is 1. The fraction of sp³-hybridized carbons (Fsp3) is 0.286. The molecule has 1 aromatic heterocycles. The molecule has 0 aliphatic heterocycles. The van der Waals surface area contributed by atoms with E-state index in [1.54, 1.807) is 0 Å². The summed E-state index contributed by atoms with van der Waals surface area (Å²) in [5, 5.41) is -0.202. The molecule has 0 atom stereocenters. The quantitative estimate of drug-likeness (QED) is 0.616. The van der Waals surface area contributed by atoms with Crippen molar-refractivity contribution >= 4 is 31.3 Å². The molecule has 0 saturated carbocycles. The van der Waals surface area contributed by atoms with Gasteiger partial charge < -0.3 is 0 Å². The molecule has 0 spiro atoms. The second-order valence-corrected chi connectivity index (χ2v) is 5.60. The Morgan fingerprint density at radius 2 is 2.00 bits per heavy atom. The summed E-state index contributed by atoms with van der Waals surface area (Å²) < 4.78 is 47.0. The largest absolute Gasteiger partial charge is 0.281 e. The van der Waals surface area contributed by atoms with Crippen LogP contribution in [0, 0.1) is 6.92 Å². The zero-order valence-electron chi connectivity index (χ0n) is 7.34. The molecule has 0 bridgehead atoms. The number of aryl methyl sites for hydroxylation is 1. The van der Waals surface area contributed by atoms with Crippen molar-refractivity contribution in [1.29, 1.82) is 0 Å². The lowest BCUT2D eigenvalue weighted by Gasteiger charge is -2.08. The number of rotatable bonds is 2. The van der Waals surface area contributed by atoms with Gasteiger partial charge in [0.15, 0.2) is 0 Å². The first-order valence-electron chi connectivity index (χ1n) is 3.63. The van der Waals surface area contributed by atoms with Gasteiger partial charge in [-0.15, -0.1) is 0 Å². The smallest absolute Gasteiger partial charge is 0.234 e. The zero-order valence-corrected chi connectivity index (χ0v) is 9.67. The predicted octanol–water partition coefficient (Wildman–Crippen LogP) is 2.91. The highest BCUT2D eigenvalue weighted by atomic mass is 35.7. The van der Waals surface area contributed by atoms with Crippen LogP contribution in [0.5, 0.6) is 0 Å². The number of hydrogen-bond acceptors (Lipinski definition) is 3. The molecule has 1 heterocycles. The molecule has 1 aromatic rings. The number of nitrogens with zero attached hydrogens (tertiary/aromatic N) is 1. The van der Waals surface area contributed by atoms with Crippen molar-refractivity contribution in [2.24, 2.45) is 0 Å². The Morgan fingerprint density at radius 3 is 2.40 bits per heavy atom. The van der Waals surface area contributed by atoms with Crippen LogP contribution in [0.2, 0.25) is 5.15 Å². The molecule has 15 heavy (non-hydrogen) atoms. The monoisotopic (exact) mass is 275 g/mol. The molecule has 0 amide bonds. The molecule has 0 radical (unpaired) electrons. The normalized spacial score (nSPS) is 12.1. The summed E-state index contributed by atoms with van der Waals surface area (Å²) in [5.41, 5.74) is -0.879. The van der Waals surface area contributed by atoms with E-state index >= 15 is 0 Å². The SMILES string of the molecule is Cc1cc(Cl)nc(C(F)F)c1S(=O)(=O)Cl. The van der Waals surface area contributed by atoms with E-state index in [9.17, 15) is 17.2 Å². The fourth-order valence-electron chi connectivity index (χ4n) is 1.11. The molecule has 0 unspecified atom stereocenters. The van der Waals surface area contributed by atoms with E-state index in [1.807, 2.05) is 0 Å². The summed E-state index contributed by atoms with van der Waals surface area (Å²) in [7, 11) is 0.766. The second kappa shape index (κ2) is 4.19. The third kappa shape index (κ3) is 2.76. The molecule has 84 valence electrons. The summed E-state index contributed by atoms with van der Waals surface area (Å²) in [5.74, 6) is 0. The van der Waals surface area contributed by atoms with Gasteiger partial charge in [0.1, 0.15) is 15.7 Å². The first kappa shape index (κ1) is 12.6. The van der Waals surface area contributed by atoms with Crippen LogP contribution in [0.1, 0.15) is 17.7 Å². The Hall–Kier alpha value is -0.460. The molecule has 0 fully saturated rings. The van der Waals surface area contributed by atoms with E-state index in [-0.39, 0.29) is 10.7 Å². The van der Waals surface area contributed by atoms with Crippen molar-refractivity contribution in [2.45, 2.75) is 18.2 Å². The van der Waals surface area contributed by atoms with Crippen molar-refractivity contribution < 1.29 is 17.2 Å². The predicted molar refractivity (Wildman–Crippen MR) is 52.0 cm³/mol. The van der Waals surface area contributed by atoms with Gasteiger partial charge in [0.05, 0.1) is 0 Å². The third-order valence-electron chi connectivity index (χ3n) is 1.60. The maximum atomic E-state index is 12.5. The lowest BCUT2D eigenvalue weighted by atomic mass is 10.2. The van der Waals surface area contributed by atoms with Gasteiger partial charge in [-0.05, 0) is 18.6 Å². The van der Waals surface area contributed by atoms with Gasteiger partial charge in [0, 0.05) is 10.7 Å². The van der Waals surface area contributed by atoms with E-state index < -0.39 is 26.1 Å². The Balaban J connectivity index is 3.62. The third-order valence-corrected chi connectivity index (χ3v) is 3.28. The van der Waals surface area contributed by atoms with Crippen molar-refractivity contribution in [2.75, 3.05) is 0 Å². The lowest BCUT2D eigenvalue weighted by molar-refractivity contribution is 0.142. The summed E-state index contributed by atoms with van der Waals surface area (Å²) in [6.45, 7) is 1.31. The van der Waals surface area contributed by atoms with Crippen molar-refractivity contribution in [1.82, 2.24) is 4.98 Å². The molecule has 0 aliphatic carbocycles. The second-order valence-electron chi connectivity index (χ2n) is 2.71. The Labute approximate surface area is 94.4 Å². The lowest BCUT2D eigenvalue weighted by Crippen LogP contribution is -2.04. The van der Waals surface area contributed by atoms with Gasteiger partial charge in [0.2, 0.25) is 0 Å². The Kier molecular flexibility index (Phi) is 3.52. The average molecular weight is 276 g/mol. The molecular formula is C7H5Cl2F2NO2S.